The van der Waals surface area contributed by atoms with E-state index in [1.165, 1.54) is 0 Å². The maximum atomic E-state index is 12.9. The number of amides is 1. The van der Waals surface area contributed by atoms with Gasteiger partial charge in [-0.15, -0.1) is 0 Å². The van der Waals surface area contributed by atoms with Crippen LogP contribution >= 0.6 is 12.2 Å². The summed E-state index contributed by atoms with van der Waals surface area (Å²) in [4.78, 5) is 30.5. The molecule has 29 heavy (non-hydrogen) atoms. The van der Waals surface area contributed by atoms with E-state index in [9.17, 15) is 9.59 Å². The van der Waals surface area contributed by atoms with Crippen LogP contribution in [0.2, 0.25) is 0 Å². The third-order valence-electron chi connectivity index (χ3n) is 5.25. The van der Waals surface area contributed by atoms with Gasteiger partial charge in [0.1, 0.15) is 0 Å². The predicted molar refractivity (Wildman–Crippen MR) is 115 cm³/mol. The molecule has 1 amide bonds. The average molecular weight is 410 g/mol. The monoisotopic (exact) mass is 409 g/mol. The Balaban J connectivity index is 1.61. The Kier molecular flexibility index (Phi) is 5.60. The van der Waals surface area contributed by atoms with Gasteiger partial charge in [0.15, 0.2) is 4.77 Å². The first-order valence-corrected chi connectivity index (χ1v) is 10.1. The van der Waals surface area contributed by atoms with E-state index in [0.717, 1.165) is 25.0 Å². The van der Waals surface area contributed by atoms with E-state index >= 15 is 0 Å². The molecule has 1 fully saturated rings. The van der Waals surface area contributed by atoms with E-state index in [1.807, 2.05) is 30.3 Å². The molecule has 2 heterocycles. The Morgan fingerprint density at radius 3 is 2.79 bits per heavy atom. The molecule has 1 aliphatic rings. The van der Waals surface area contributed by atoms with Gasteiger partial charge in [0.2, 0.25) is 0 Å². The van der Waals surface area contributed by atoms with Gasteiger partial charge in [-0.3, -0.25) is 14.2 Å². The standard InChI is InChI=1S/C22H23N3O3S/c1-24(13-15-6-3-2-4-7-15)20(26)16-9-10-18-19(12-16)23-22(29)25(21(18)27)14-17-8-5-11-28-17/h2-4,6-7,9-10,12,17H,5,8,11,13-14H2,1H3,(H,23,29). The highest BCUT2D eigenvalue weighted by atomic mass is 32.1. The number of rotatable bonds is 5. The van der Waals surface area contributed by atoms with Crippen LogP contribution < -0.4 is 5.56 Å². The van der Waals surface area contributed by atoms with Crippen molar-refractivity contribution < 1.29 is 9.53 Å². The van der Waals surface area contributed by atoms with Crippen LogP contribution in [0.1, 0.15) is 28.8 Å². The van der Waals surface area contributed by atoms with Crippen LogP contribution in [0.25, 0.3) is 10.9 Å². The van der Waals surface area contributed by atoms with Crippen LogP contribution in [0, 0.1) is 4.77 Å². The Morgan fingerprint density at radius 1 is 1.28 bits per heavy atom. The molecule has 2 aromatic carbocycles. The zero-order valence-electron chi connectivity index (χ0n) is 16.3. The Morgan fingerprint density at radius 2 is 2.07 bits per heavy atom. The number of nitrogens with zero attached hydrogens (tertiary/aromatic N) is 2. The highest BCUT2D eigenvalue weighted by molar-refractivity contribution is 7.71. The second-order valence-electron chi connectivity index (χ2n) is 7.39. The number of ether oxygens (including phenoxy) is 1. The second kappa shape index (κ2) is 8.31. The molecule has 0 aliphatic carbocycles. The minimum Gasteiger partial charge on any atom is -0.376 e. The molecule has 0 spiro atoms. The molecule has 1 aliphatic heterocycles. The first kappa shape index (κ1) is 19.5. The van der Waals surface area contributed by atoms with E-state index in [2.05, 4.69) is 4.98 Å². The van der Waals surface area contributed by atoms with Crippen molar-refractivity contribution in [3.8, 4) is 0 Å². The van der Waals surface area contributed by atoms with Gasteiger partial charge in [-0.05, 0) is 48.8 Å². The smallest absolute Gasteiger partial charge is 0.262 e. The van der Waals surface area contributed by atoms with Crippen molar-refractivity contribution in [1.82, 2.24) is 14.5 Å². The largest absolute Gasteiger partial charge is 0.376 e. The molecule has 1 unspecified atom stereocenters. The van der Waals surface area contributed by atoms with Crippen LogP contribution in [0.4, 0.5) is 0 Å². The predicted octanol–water partition coefficient (Wildman–Crippen LogP) is 3.51. The average Bonchev–Trinajstić information content (AvgIpc) is 3.24. The molecule has 1 saturated heterocycles. The third-order valence-corrected chi connectivity index (χ3v) is 5.57. The number of aromatic nitrogens is 2. The maximum absolute atomic E-state index is 12.9. The van der Waals surface area contributed by atoms with Gasteiger partial charge >= 0.3 is 0 Å². The van der Waals surface area contributed by atoms with Crippen LogP contribution in [0.15, 0.2) is 53.3 Å². The van der Waals surface area contributed by atoms with Crippen LogP contribution in [-0.2, 0) is 17.8 Å². The summed E-state index contributed by atoms with van der Waals surface area (Å²) in [7, 11) is 1.77. The highest BCUT2D eigenvalue weighted by Crippen LogP contribution is 2.16. The third kappa shape index (κ3) is 4.16. The zero-order valence-corrected chi connectivity index (χ0v) is 17.1. The van der Waals surface area contributed by atoms with E-state index in [0.29, 0.717) is 34.3 Å². The maximum Gasteiger partial charge on any atom is 0.262 e. The lowest BCUT2D eigenvalue weighted by molar-refractivity contribution is 0.0785. The molecule has 1 atom stereocenters. The van der Waals surface area contributed by atoms with Crippen molar-refractivity contribution in [1.29, 1.82) is 0 Å². The molecular weight excluding hydrogens is 386 g/mol. The number of hydrogen-bond donors (Lipinski definition) is 1. The number of hydrogen-bond acceptors (Lipinski definition) is 4. The number of aromatic amines is 1. The quantitative estimate of drug-likeness (QED) is 0.655. The summed E-state index contributed by atoms with van der Waals surface area (Å²) in [6.45, 7) is 1.69. The molecule has 0 radical (unpaired) electrons. The number of H-pyrrole nitrogens is 1. The Labute approximate surface area is 173 Å². The van der Waals surface area contributed by atoms with Gasteiger partial charge in [-0.25, -0.2) is 0 Å². The van der Waals surface area contributed by atoms with Gasteiger partial charge < -0.3 is 14.6 Å². The number of carbonyl (C=O) groups excluding carboxylic acids is 1. The molecule has 150 valence electrons. The fourth-order valence-corrected chi connectivity index (χ4v) is 3.96. The van der Waals surface area contributed by atoms with Crippen molar-refractivity contribution in [2.75, 3.05) is 13.7 Å². The first-order chi connectivity index (χ1) is 14.0. The lowest BCUT2D eigenvalue weighted by Gasteiger charge is -2.18. The van der Waals surface area contributed by atoms with E-state index < -0.39 is 0 Å². The summed E-state index contributed by atoms with van der Waals surface area (Å²) >= 11 is 5.41. The molecule has 6 nitrogen and oxygen atoms in total. The van der Waals surface area contributed by atoms with Crippen LogP contribution in [0.3, 0.4) is 0 Å². The number of benzene rings is 2. The van der Waals surface area contributed by atoms with Gasteiger partial charge in [0.05, 0.1) is 23.6 Å². The van der Waals surface area contributed by atoms with Crippen molar-refractivity contribution in [3.63, 3.8) is 0 Å². The number of carbonyl (C=O) groups is 1. The zero-order chi connectivity index (χ0) is 20.4. The van der Waals surface area contributed by atoms with Crippen molar-refractivity contribution in [2.45, 2.75) is 32.0 Å². The summed E-state index contributed by atoms with van der Waals surface area (Å²) in [5, 5.41) is 0.513. The Bertz CT molecular complexity index is 1150. The highest BCUT2D eigenvalue weighted by Gasteiger charge is 2.19. The lowest BCUT2D eigenvalue weighted by atomic mass is 10.1. The molecule has 0 bridgehead atoms. The van der Waals surface area contributed by atoms with Crippen molar-refractivity contribution >= 4 is 29.0 Å². The van der Waals surface area contributed by atoms with Crippen LogP contribution in [0.5, 0.6) is 0 Å². The normalized spacial score (nSPS) is 16.2. The fraction of sp³-hybridized carbons (Fsp3) is 0.318. The van der Waals surface area contributed by atoms with E-state index in [-0.39, 0.29) is 17.6 Å². The van der Waals surface area contributed by atoms with Gasteiger partial charge in [0.25, 0.3) is 11.5 Å². The Hall–Kier alpha value is -2.77. The summed E-state index contributed by atoms with van der Waals surface area (Å²) in [5.41, 5.74) is 1.98. The molecule has 1 N–H and O–H groups in total. The summed E-state index contributed by atoms with van der Waals surface area (Å²) < 4.78 is 7.53. The van der Waals surface area contributed by atoms with Crippen molar-refractivity contribution in [3.05, 3.63) is 74.8 Å². The molecule has 0 saturated carbocycles. The van der Waals surface area contributed by atoms with E-state index in [4.69, 9.17) is 17.0 Å². The molecule has 7 heteroatoms. The fourth-order valence-electron chi connectivity index (χ4n) is 3.69. The lowest BCUT2D eigenvalue weighted by Crippen LogP contribution is -2.28. The molecule has 4 rings (SSSR count). The SMILES string of the molecule is CN(Cc1ccccc1)C(=O)c1ccc2c(=O)n(CC3CCCO3)c(=S)[nH]c2c1. The summed E-state index contributed by atoms with van der Waals surface area (Å²) in [6, 6.07) is 14.9. The minimum atomic E-state index is -0.157. The number of fused-ring (bicyclic) bond motifs is 1. The topological polar surface area (TPSA) is 67.3 Å². The first-order valence-electron chi connectivity index (χ1n) is 9.71. The molecule has 1 aromatic heterocycles. The van der Waals surface area contributed by atoms with E-state index in [1.54, 1.807) is 34.7 Å². The summed E-state index contributed by atoms with van der Waals surface area (Å²) in [5.74, 6) is -0.112. The van der Waals surface area contributed by atoms with Crippen molar-refractivity contribution in [2.24, 2.45) is 0 Å². The minimum absolute atomic E-state index is 0.0211. The van der Waals surface area contributed by atoms with Gasteiger partial charge in [-0.2, -0.15) is 0 Å². The second-order valence-corrected chi connectivity index (χ2v) is 7.77. The summed E-state index contributed by atoms with van der Waals surface area (Å²) in [6.07, 6.45) is 1.96. The van der Waals surface area contributed by atoms with Gasteiger partial charge in [0, 0.05) is 25.8 Å². The van der Waals surface area contributed by atoms with Gasteiger partial charge in [-0.1, -0.05) is 30.3 Å². The molecular formula is C22H23N3O3S. The van der Waals surface area contributed by atoms with Crippen LogP contribution in [-0.4, -0.2) is 40.1 Å². The number of nitrogens with one attached hydrogen (secondary N) is 1. The molecule has 3 aromatic rings.